The van der Waals surface area contributed by atoms with E-state index in [4.69, 9.17) is 5.11 Å². The maximum Gasteiger partial charge on any atom is 0.347 e. The molecule has 1 heterocycles. The summed E-state index contributed by atoms with van der Waals surface area (Å²) >= 11 is 1.31. The standard InChI is InChI=1S/C17H21NO2S/c1-12-14(15(19)20)21-16(18-12)17(2,3)11-7-10-13-8-5-4-6-9-13/h4-6,8-9H,7,10-11H2,1-3H3,(H,19,20). The minimum Gasteiger partial charge on any atom is -0.477 e. The highest BCUT2D eigenvalue weighted by molar-refractivity contribution is 7.13. The highest BCUT2D eigenvalue weighted by Gasteiger charge is 2.26. The summed E-state index contributed by atoms with van der Waals surface area (Å²) in [6, 6.07) is 10.4. The number of hydrogen-bond donors (Lipinski definition) is 1. The molecule has 0 saturated heterocycles. The number of nitrogens with zero attached hydrogens (tertiary/aromatic N) is 1. The Hall–Kier alpha value is -1.68. The summed E-state index contributed by atoms with van der Waals surface area (Å²) in [4.78, 5) is 16.0. The summed E-state index contributed by atoms with van der Waals surface area (Å²) in [5.41, 5.74) is 1.88. The molecular formula is C17H21NO2S. The fourth-order valence-corrected chi connectivity index (χ4v) is 3.41. The third-order valence-electron chi connectivity index (χ3n) is 3.68. The number of aryl methyl sites for hydroxylation is 2. The zero-order chi connectivity index (χ0) is 15.5. The van der Waals surface area contributed by atoms with E-state index in [1.165, 1.54) is 16.9 Å². The van der Waals surface area contributed by atoms with Gasteiger partial charge in [0.15, 0.2) is 0 Å². The molecule has 0 aliphatic rings. The average molecular weight is 303 g/mol. The topological polar surface area (TPSA) is 50.2 Å². The first-order chi connectivity index (χ1) is 9.90. The lowest BCUT2D eigenvalue weighted by Gasteiger charge is -2.21. The van der Waals surface area contributed by atoms with Crippen molar-refractivity contribution in [2.24, 2.45) is 0 Å². The van der Waals surface area contributed by atoms with Gasteiger partial charge in [0, 0.05) is 5.41 Å². The molecule has 1 aromatic heterocycles. The van der Waals surface area contributed by atoms with E-state index in [1.807, 2.05) is 6.07 Å². The fourth-order valence-electron chi connectivity index (χ4n) is 2.37. The van der Waals surface area contributed by atoms with Crippen LogP contribution in [0.25, 0.3) is 0 Å². The molecule has 0 radical (unpaired) electrons. The Morgan fingerprint density at radius 3 is 2.52 bits per heavy atom. The third kappa shape index (κ3) is 3.91. The molecule has 112 valence electrons. The van der Waals surface area contributed by atoms with Crippen LogP contribution in [0.5, 0.6) is 0 Å². The molecule has 3 nitrogen and oxygen atoms in total. The van der Waals surface area contributed by atoms with Crippen molar-refractivity contribution in [3.05, 3.63) is 51.5 Å². The average Bonchev–Trinajstić information content (AvgIpc) is 2.83. The largest absolute Gasteiger partial charge is 0.477 e. The maximum absolute atomic E-state index is 11.1. The molecule has 0 aliphatic carbocycles. The lowest BCUT2D eigenvalue weighted by atomic mass is 9.87. The van der Waals surface area contributed by atoms with Gasteiger partial charge >= 0.3 is 5.97 Å². The summed E-state index contributed by atoms with van der Waals surface area (Å²) in [7, 11) is 0. The lowest BCUT2D eigenvalue weighted by Crippen LogP contribution is -2.17. The van der Waals surface area contributed by atoms with Crippen LogP contribution in [0.2, 0.25) is 0 Å². The normalized spacial score (nSPS) is 11.6. The van der Waals surface area contributed by atoms with E-state index in [9.17, 15) is 4.79 Å². The van der Waals surface area contributed by atoms with Crippen LogP contribution in [0.1, 0.15) is 52.6 Å². The van der Waals surface area contributed by atoms with Gasteiger partial charge < -0.3 is 5.11 Å². The summed E-state index contributed by atoms with van der Waals surface area (Å²) in [6.07, 6.45) is 3.10. The van der Waals surface area contributed by atoms with Gasteiger partial charge in [-0.25, -0.2) is 9.78 Å². The Balaban J connectivity index is 2.01. The zero-order valence-corrected chi connectivity index (χ0v) is 13.5. The van der Waals surface area contributed by atoms with Gasteiger partial charge in [-0.2, -0.15) is 0 Å². The molecule has 0 fully saturated rings. The zero-order valence-electron chi connectivity index (χ0n) is 12.7. The second kappa shape index (κ2) is 6.39. The van der Waals surface area contributed by atoms with Crippen LogP contribution in [0.3, 0.4) is 0 Å². The van der Waals surface area contributed by atoms with Gasteiger partial charge in [-0.05, 0) is 31.7 Å². The van der Waals surface area contributed by atoms with Crippen molar-refractivity contribution in [1.82, 2.24) is 4.98 Å². The van der Waals surface area contributed by atoms with Crippen molar-refractivity contribution in [2.75, 3.05) is 0 Å². The Bertz CT molecular complexity index is 617. The quantitative estimate of drug-likeness (QED) is 0.857. The number of aromatic nitrogens is 1. The van der Waals surface area contributed by atoms with Crippen LogP contribution < -0.4 is 0 Å². The first-order valence-electron chi connectivity index (χ1n) is 7.15. The predicted molar refractivity (Wildman–Crippen MR) is 86.2 cm³/mol. The molecule has 0 bridgehead atoms. The Labute approximate surface area is 129 Å². The van der Waals surface area contributed by atoms with E-state index in [-0.39, 0.29) is 5.41 Å². The van der Waals surface area contributed by atoms with E-state index in [0.717, 1.165) is 24.3 Å². The Kier molecular flexibility index (Phi) is 4.78. The summed E-state index contributed by atoms with van der Waals surface area (Å²) in [6.45, 7) is 6.05. The number of rotatable bonds is 6. The summed E-state index contributed by atoms with van der Waals surface area (Å²) in [5.74, 6) is -0.878. The van der Waals surface area contributed by atoms with Gasteiger partial charge in [0.25, 0.3) is 0 Å². The molecule has 0 unspecified atom stereocenters. The molecule has 21 heavy (non-hydrogen) atoms. The van der Waals surface area contributed by atoms with Gasteiger partial charge in [0.05, 0.1) is 10.7 Å². The Morgan fingerprint density at radius 2 is 1.95 bits per heavy atom. The first kappa shape index (κ1) is 15.7. The first-order valence-corrected chi connectivity index (χ1v) is 7.97. The van der Waals surface area contributed by atoms with Gasteiger partial charge in [0.1, 0.15) is 4.88 Å². The molecule has 0 aliphatic heterocycles. The molecule has 1 aromatic carbocycles. The van der Waals surface area contributed by atoms with E-state index in [0.29, 0.717) is 10.6 Å². The van der Waals surface area contributed by atoms with Crippen molar-refractivity contribution in [3.8, 4) is 0 Å². The van der Waals surface area contributed by atoms with E-state index in [2.05, 4.69) is 43.1 Å². The van der Waals surface area contributed by atoms with Gasteiger partial charge in [-0.3, -0.25) is 0 Å². The number of carboxylic acid groups (broad SMARTS) is 1. The SMILES string of the molecule is Cc1nc(C(C)(C)CCCc2ccccc2)sc1C(=O)O. The second-order valence-electron chi connectivity index (χ2n) is 5.96. The van der Waals surface area contributed by atoms with Crippen LogP contribution in [0.15, 0.2) is 30.3 Å². The molecule has 1 N–H and O–H groups in total. The van der Waals surface area contributed by atoms with Crippen LogP contribution in [0, 0.1) is 6.92 Å². The molecule has 0 saturated carbocycles. The highest BCUT2D eigenvalue weighted by Crippen LogP contribution is 2.33. The van der Waals surface area contributed by atoms with E-state index in [1.54, 1.807) is 6.92 Å². The molecule has 0 amide bonds. The second-order valence-corrected chi connectivity index (χ2v) is 6.96. The van der Waals surface area contributed by atoms with Gasteiger partial charge in [-0.15, -0.1) is 11.3 Å². The van der Waals surface area contributed by atoms with Gasteiger partial charge in [0.2, 0.25) is 0 Å². The van der Waals surface area contributed by atoms with Crippen molar-refractivity contribution >= 4 is 17.3 Å². The molecular weight excluding hydrogens is 282 g/mol. The number of benzene rings is 1. The van der Waals surface area contributed by atoms with Crippen molar-refractivity contribution in [2.45, 2.75) is 45.4 Å². The minimum absolute atomic E-state index is 0.0854. The van der Waals surface area contributed by atoms with Crippen LogP contribution >= 0.6 is 11.3 Å². The Morgan fingerprint density at radius 1 is 1.29 bits per heavy atom. The summed E-state index contributed by atoms with van der Waals surface area (Å²) in [5, 5.41) is 10.1. The van der Waals surface area contributed by atoms with Crippen molar-refractivity contribution < 1.29 is 9.90 Å². The van der Waals surface area contributed by atoms with Gasteiger partial charge in [-0.1, -0.05) is 44.2 Å². The third-order valence-corrected chi connectivity index (χ3v) is 5.19. The number of carboxylic acids is 1. The lowest BCUT2D eigenvalue weighted by molar-refractivity contribution is 0.0701. The summed E-state index contributed by atoms with van der Waals surface area (Å²) < 4.78 is 0. The van der Waals surface area contributed by atoms with Crippen molar-refractivity contribution in [1.29, 1.82) is 0 Å². The van der Waals surface area contributed by atoms with Crippen LogP contribution in [0.4, 0.5) is 0 Å². The minimum atomic E-state index is -0.878. The fraction of sp³-hybridized carbons (Fsp3) is 0.412. The molecule has 0 atom stereocenters. The number of thiazole rings is 1. The van der Waals surface area contributed by atoms with Crippen molar-refractivity contribution in [3.63, 3.8) is 0 Å². The number of hydrogen-bond acceptors (Lipinski definition) is 3. The maximum atomic E-state index is 11.1. The highest BCUT2D eigenvalue weighted by atomic mass is 32.1. The molecule has 2 rings (SSSR count). The number of carbonyl (C=O) groups is 1. The number of aromatic carboxylic acids is 1. The van der Waals surface area contributed by atoms with E-state index < -0.39 is 5.97 Å². The molecule has 4 heteroatoms. The molecule has 2 aromatic rings. The monoisotopic (exact) mass is 303 g/mol. The smallest absolute Gasteiger partial charge is 0.347 e. The van der Waals surface area contributed by atoms with Crippen LogP contribution in [-0.2, 0) is 11.8 Å². The molecule has 0 spiro atoms. The predicted octanol–water partition coefficient (Wildman–Crippen LogP) is 4.45. The van der Waals surface area contributed by atoms with Crippen LogP contribution in [-0.4, -0.2) is 16.1 Å². The van der Waals surface area contributed by atoms with E-state index >= 15 is 0 Å².